The second-order valence-electron chi connectivity index (χ2n) is 11.3. The molecule has 0 fully saturated rings. The molecule has 0 aliphatic rings. The van der Waals surface area contributed by atoms with Crippen molar-refractivity contribution in [3.63, 3.8) is 0 Å². The molecule has 14 nitrogen and oxygen atoms in total. The van der Waals surface area contributed by atoms with Crippen molar-refractivity contribution in [1.29, 1.82) is 0 Å². The molecule has 0 spiro atoms. The minimum Gasteiger partial charge on any atom is -0.494 e. The van der Waals surface area contributed by atoms with Gasteiger partial charge in [-0.25, -0.2) is 26.8 Å². The van der Waals surface area contributed by atoms with Gasteiger partial charge in [0, 0.05) is 33.2 Å². The summed E-state index contributed by atoms with van der Waals surface area (Å²) in [6.45, 7) is 1.57. The third kappa shape index (κ3) is 6.33. The third-order valence-corrected chi connectivity index (χ3v) is 9.68. The number of nitrogens with zero attached hydrogens (tertiary/aromatic N) is 2. The largest absolute Gasteiger partial charge is 0.494 e. The molecule has 0 radical (unpaired) electrons. The Morgan fingerprint density at radius 2 is 1.06 bits per heavy atom. The lowest BCUT2D eigenvalue weighted by Gasteiger charge is -2.06. The minimum atomic E-state index is -3.38. The molecule has 8 rings (SSSR count). The molecule has 0 atom stereocenters. The summed E-state index contributed by atoms with van der Waals surface area (Å²) in [6.07, 6.45) is 1.09. The van der Waals surface area contributed by atoms with E-state index < -0.39 is 20.0 Å². The van der Waals surface area contributed by atoms with Crippen LogP contribution in [0.25, 0.3) is 66.6 Å². The Balaban J connectivity index is 0.000000154. The Morgan fingerprint density at radius 3 is 1.49 bits per heavy atom. The number of rotatable bonds is 7. The first-order chi connectivity index (χ1) is 23.4. The second-order valence-corrected chi connectivity index (χ2v) is 15.1. The van der Waals surface area contributed by atoms with Crippen LogP contribution in [-0.4, -0.2) is 69.0 Å². The van der Waals surface area contributed by atoms with Crippen LogP contribution in [0.5, 0.6) is 11.8 Å². The van der Waals surface area contributed by atoms with Gasteiger partial charge in [0.05, 0.1) is 45.2 Å². The molecule has 0 saturated carbocycles. The molecule has 8 aromatic rings. The molecule has 0 aliphatic heterocycles. The van der Waals surface area contributed by atoms with Crippen molar-refractivity contribution in [3.8, 4) is 34.5 Å². The zero-order chi connectivity index (χ0) is 34.5. The lowest BCUT2D eigenvalue weighted by molar-refractivity contribution is 0.459. The van der Waals surface area contributed by atoms with Crippen LogP contribution in [0.15, 0.2) is 84.9 Å². The van der Waals surface area contributed by atoms with E-state index in [1.807, 2.05) is 48.5 Å². The lowest BCUT2D eigenvalue weighted by Crippen LogP contribution is -2.14. The maximum atomic E-state index is 11.8. The number of imidazole rings is 2. The summed E-state index contributed by atoms with van der Waals surface area (Å²) in [5.74, 6) is 0.960. The summed E-state index contributed by atoms with van der Waals surface area (Å²) in [6, 6.07) is 25.2. The molecule has 0 unspecified atom stereocenters. The van der Waals surface area contributed by atoms with Crippen LogP contribution in [-0.2, 0) is 20.0 Å². The first kappa shape index (κ1) is 31.6. The van der Waals surface area contributed by atoms with Crippen LogP contribution in [0.4, 0.5) is 11.4 Å². The molecule has 250 valence electrons. The summed E-state index contributed by atoms with van der Waals surface area (Å²) in [5.41, 5.74) is 6.50. The molecule has 0 bridgehead atoms. The Morgan fingerprint density at radius 1 is 0.612 bits per heavy atom. The van der Waals surface area contributed by atoms with Gasteiger partial charge in [-0.3, -0.25) is 9.44 Å². The van der Waals surface area contributed by atoms with Gasteiger partial charge in [0.15, 0.2) is 0 Å². The Bertz CT molecular complexity index is 2680. The molecular weight excluding hydrogens is 669 g/mol. The van der Waals surface area contributed by atoms with Crippen LogP contribution >= 0.6 is 0 Å². The number of aromatic hydroxyl groups is 2. The number of H-pyrrole nitrogens is 4. The fourth-order valence-corrected chi connectivity index (χ4v) is 6.76. The molecule has 16 heteroatoms. The molecule has 0 amide bonds. The Labute approximate surface area is 279 Å². The first-order valence-corrected chi connectivity index (χ1v) is 18.5. The zero-order valence-electron chi connectivity index (χ0n) is 26.0. The Hall–Kier alpha value is -6.00. The van der Waals surface area contributed by atoms with Crippen molar-refractivity contribution in [2.45, 2.75) is 6.92 Å². The molecule has 0 saturated heterocycles. The fourth-order valence-electron chi connectivity index (χ4n) is 5.57. The summed E-state index contributed by atoms with van der Waals surface area (Å²) in [7, 11) is -6.76. The van der Waals surface area contributed by atoms with Gasteiger partial charge in [0.2, 0.25) is 31.8 Å². The van der Waals surface area contributed by atoms with Crippen LogP contribution < -0.4 is 9.44 Å². The number of benzene rings is 4. The highest BCUT2D eigenvalue weighted by atomic mass is 32.2. The highest BCUT2D eigenvalue weighted by Crippen LogP contribution is 2.38. The molecular formula is C33H30N8O6S2. The van der Waals surface area contributed by atoms with E-state index in [2.05, 4.69) is 39.3 Å². The number of fused-ring (bicyclic) bond motifs is 4. The summed E-state index contributed by atoms with van der Waals surface area (Å²) < 4.78 is 51.4. The number of para-hydroxylation sites is 4. The van der Waals surface area contributed by atoms with E-state index in [-0.39, 0.29) is 17.5 Å². The highest BCUT2D eigenvalue weighted by Gasteiger charge is 2.19. The van der Waals surface area contributed by atoms with E-state index in [9.17, 15) is 27.0 Å². The molecule has 0 aliphatic carbocycles. The Kier molecular flexibility index (Phi) is 7.68. The number of aromatic amines is 4. The van der Waals surface area contributed by atoms with Crippen molar-refractivity contribution < 1.29 is 27.0 Å². The number of nitrogens with one attached hydrogen (secondary N) is 6. The van der Waals surface area contributed by atoms with Gasteiger partial charge in [0.1, 0.15) is 11.6 Å². The van der Waals surface area contributed by atoms with E-state index >= 15 is 0 Å². The number of hydrogen-bond donors (Lipinski definition) is 8. The quantitative estimate of drug-likeness (QED) is 0.0988. The number of hydrogen-bond acceptors (Lipinski definition) is 8. The van der Waals surface area contributed by atoms with Crippen LogP contribution in [0.1, 0.15) is 6.92 Å². The second kappa shape index (κ2) is 11.9. The topological polar surface area (TPSA) is 222 Å². The van der Waals surface area contributed by atoms with Crippen molar-refractivity contribution in [3.05, 3.63) is 84.9 Å². The SMILES string of the molecule is CCS(=O)(=O)Nc1ccc2[nH]c(O)c(-c3nc4ccccc4[nH]3)c2c1.CS(=O)(=O)Nc1ccc2[nH]c(O)c(-c3nc4ccccc4[nH]3)c2c1. The van der Waals surface area contributed by atoms with Crippen molar-refractivity contribution >= 4 is 75.3 Å². The van der Waals surface area contributed by atoms with Crippen LogP contribution in [0.2, 0.25) is 0 Å². The van der Waals surface area contributed by atoms with E-state index in [4.69, 9.17) is 0 Å². The fraction of sp³-hybridized carbons (Fsp3) is 0.0909. The summed E-state index contributed by atoms with van der Waals surface area (Å²) in [5, 5.41) is 22.0. The summed E-state index contributed by atoms with van der Waals surface area (Å²) >= 11 is 0. The molecule has 4 aromatic heterocycles. The van der Waals surface area contributed by atoms with E-state index in [1.165, 1.54) is 0 Å². The van der Waals surface area contributed by atoms with Crippen molar-refractivity contribution in [2.75, 3.05) is 21.5 Å². The normalized spacial score (nSPS) is 12.0. The zero-order valence-corrected chi connectivity index (χ0v) is 27.7. The summed E-state index contributed by atoms with van der Waals surface area (Å²) in [4.78, 5) is 21.1. The van der Waals surface area contributed by atoms with Gasteiger partial charge in [-0.15, -0.1) is 0 Å². The van der Waals surface area contributed by atoms with Gasteiger partial charge in [-0.1, -0.05) is 24.3 Å². The average Bonchev–Trinajstić information content (AvgIpc) is 3.81. The average molecular weight is 699 g/mol. The number of aromatic nitrogens is 6. The first-order valence-electron chi connectivity index (χ1n) is 15.0. The molecule has 49 heavy (non-hydrogen) atoms. The van der Waals surface area contributed by atoms with Crippen LogP contribution in [0.3, 0.4) is 0 Å². The number of anilines is 2. The van der Waals surface area contributed by atoms with Gasteiger partial charge < -0.3 is 30.1 Å². The monoisotopic (exact) mass is 698 g/mol. The predicted molar refractivity (Wildman–Crippen MR) is 192 cm³/mol. The van der Waals surface area contributed by atoms with Crippen molar-refractivity contribution in [1.82, 2.24) is 29.9 Å². The van der Waals surface area contributed by atoms with Gasteiger partial charge in [-0.2, -0.15) is 0 Å². The predicted octanol–water partition coefficient (Wildman–Crippen LogP) is 5.97. The number of sulfonamides is 2. The standard InChI is InChI=1S/C17H16N4O3S.C16H14N4O3S/c1-2-25(23,24)21-10-7-8-12-11(9-10)15(17(22)20-12)16-18-13-5-3-4-6-14(13)19-16;1-24(22,23)20-9-6-7-11-10(8-9)14(16(21)19-11)15-17-12-4-2-3-5-13(12)18-15/h3-9,20-22H,2H2,1H3,(H,18,19);2-8,19-21H,1H3,(H,17,18). The highest BCUT2D eigenvalue weighted by molar-refractivity contribution is 7.92. The maximum absolute atomic E-state index is 11.8. The van der Waals surface area contributed by atoms with E-state index in [0.29, 0.717) is 56.0 Å². The third-order valence-electron chi connectivity index (χ3n) is 7.77. The van der Waals surface area contributed by atoms with E-state index in [1.54, 1.807) is 43.3 Å². The van der Waals surface area contributed by atoms with Crippen molar-refractivity contribution in [2.24, 2.45) is 0 Å². The lowest BCUT2D eigenvalue weighted by atomic mass is 10.1. The molecule has 4 heterocycles. The van der Waals surface area contributed by atoms with Crippen LogP contribution in [0, 0.1) is 0 Å². The van der Waals surface area contributed by atoms with E-state index in [0.717, 1.165) is 28.3 Å². The van der Waals surface area contributed by atoms with Gasteiger partial charge >= 0.3 is 0 Å². The van der Waals surface area contributed by atoms with Gasteiger partial charge in [-0.05, 0) is 67.6 Å². The minimum absolute atomic E-state index is 0.0140. The molecule has 8 N–H and O–H groups in total. The smallest absolute Gasteiger partial charge is 0.232 e. The van der Waals surface area contributed by atoms with Gasteiger partial charge in [0.25, 0.3) is 0 Å². The molecule has 4 aromatic carbocycles. The maximum Gasteiger partial charge on any atom is 0.232 e.